The van der Waals surface area contributed by atoms with Gasteiger partial charge in [-0.15, -0.1) is 11.3 Å². The largest absolute Gasteiger partial charge is 0.496 e. The summed E-state index contributed by atoms with van der Waals surface area (Å²) in [5.41, 5.74) is 0.240. The Balaban J connectivity index is 1.77. The van der Waals surface area contributed by atoms with Crippen LogP contribution in [-0.4, -0.2) is 45.4 Å². The fourth-order valence-corrected chi connectivity index (χ4v) is 5.56. The van der Waals surface area contributed by atoms with Crippen LogP contribution >= 0.6 is 11.3 Å². The van der Waals surface area contributed by atoms with Gasteiger partial charge in [0.2, 0.25) is 10.0 Å². The molecule has 0 radical (unpaired) electrons. The second kappa shape index (κ2) is 9.54. The van der Waals surface area contributed by atoms with Gasteiger partial charge in [0.1, 0.15) is 5.75 Å². The molecule has 0 saturated carbocycles. The summed E-state index contributed by atoms with van der Waals surface area (Å²) < 4.78 is 32.9. The minimum atomic E-state index is -3.62. The lowest BCUT2D eigenvalue weighted by Gasteiger charge is -2.20. The highest BCUT2D eigenvalue weighted by atomic mass is 32.2. The summed E-state index contributed by atoms with van der Waals surface area (Å²) in [6, 6.07) is 8.49. The number of rotatable bonds is 7. The molecular weight excluding hydrogens is 396 g/mol. The SMILES string of the molecule is COc1ccc(S(=O)(=O)N2CCCCCC2)cc1C(=O)NCCc1cccs1. The molecule has 0 spiro atoms. The van der Waals surface area contributed by atoms with E-state index in [2.05, 4.69) is 5.32 Å². The molecule has 6 nitrogen and oxygen atoms in total. The monoisotopic (exact) mass is 422 g/mol. The van der Waals surface area contributed by atoms with Crippen molar-refractivity contribution in [2.75, 3.05) is 26.7 Å². The predicted molar refractivity (Wildman–Crippen MR) is 111 cm³/mol. The maximum Gasteiger partial charge on any atom is 0.255 e. The van der Waals surface area contributed by atoms with E-state index in [1.165, 1.54) is 28.4 Å². The summed E-state index contributed by atoms with van der Waals surface area (Å²) >= 11 is 1.64. The molecule has 152 valence electrons. The molecule has 1 N–H and O–H groups in total. The van der Waals surface area contributed by atoms with E-state index < -0.39 is 10.0 Å². The van der Waals surface area contributed by atoms with Crippen molar-refractivity contribution in [3.63, 3.8) is 0 Å². The van der Waals surface area contributed by atoms with Gasteiger partial charge in [-0.3, -0.25) is 4.79 Å². The normalized spacial score (nSPS) is 15.8. The molecule has 1 aromatic heterocycles. The first-order chi connectivity index (χ1) is 13.5. The fraction of sp³-hybridized carbons (Fsp3) is 0.450. The Morgan fingerprint density at radius 1 is 1.18 bits per heavy atom. The van der Waals surface area contributed by atoms with Crippen molar-refractivity contribution in [3.05, 3.63) is 46.2 Å². The number of carbonyl (C=O) groups is 1. The van der Waals surface area contributed by atoms with Crippen LogP contribution in [0.1, 0.15) is 40.9 Å². The van der Waals surface area contributed by atoms with E-state index in [1.54, 1.807) is 17.4 Å². The topological polar surface area (TPSA) is 75.7 Å². The molecule has 0 bridgehead atoms. The van der Waals surface area contributed by atoms with Crippen LogP contribution in [0.4, 0.5) is 0 Å². The number of thiophene rings is 1. The highest BCUT2D eigenvalue weighted by Crippen LogP contribution is 2.26. The Morgan fingerprint density at radius 2 is 1.93 bits per heavy atom. The molecule has 0 unspecified atom stereocenters. The van der Waals surface area contributed by atoms with Crippen LogP contribution in [0.15, 0.2) is 40.6 Å². The third-order valence-electron chi connectivity index (χ3n) is 4.86. The number of nitrogens with one attached hydrogen (secondary N) is 1. The molecule has 1 amide bonds. The maximum absolute atomic E-state index is 13.0. The van der Waals surface area contributed by atoms with Crippen LogP contribution in [0.2, 0.25) is 0 Å². The van der Waals surface area contributed by atoms with Gasteiger partial charge in [-0.25, -0.2) is 8.42 Å². The van der Waals surface area contributed by atoms with Gasteiger partial charge in [-0.2, -0.15) is 4.31 Å². The number of sulfonamides is 1. The quantitative estimate of drug-likeness (QED) is 0.743. The van der Waals surface area contributed by atoms with Gasteiger partial charge < -0.3 is 10.1 Å². The summed E-state index contributed by atoms with van der Waals surface area (Å²) in [6.07, 6.45) is 4.56. The molecule has 1 aliphatic heterocycles. The van der Waals surface area contributed by atoms with Crippen LogP contribution < -0.4 is 10.1 Å². The molecule has 0 aliphatic carbocycles. The molecule has 28 heavy (non-hydrogen) atoms. The Morgan fingerprint density at radius 3 is 2.57 bits per heavy atom. The minimum Gasteiger partial charge on any atom is -0.496 e. The van der Waals surface area contributed by atoms with Crippen LogP contribution in [0.5, 0.6) is 5.75 Å². The van der Waals surface area contributed by atoms with E-state index >= 15 is 0 Å². The number of nitrogens with zero attached hydrogens (tertiary/aromatic N) is 1. The lowest BCUT2D eigenvalue weighted by molar-refractivity contribution is 0.0951. The van der Waals surface area contributed by atoms with Crippen molar-refractivity contribution in [1.29, 1.82) is 0 Å². The summed E-state index contributed by atoms with van der Waals surface area (Å²) in [5.74, 6) is 0.0322. The minimum absolute atomic E-state index is 0.138. The Labute approximate surface area is 170 Å². The van der Waals surface area contributed by atoms with Crippen LogP contribution in [0.25, 0.3) is 0 Å². The first-order valence-electron chi connectivity index (χ1n) is 9.51. The van der Waals surface area contributed by atoms with E-state index in [4.69, 9.17) is 4.74 Å². The number of carbonyl (C=O) groups excluding carboxylic acids is 1. The molecule has 8 heteroatoms. The van der Waals surface area contributed by atoms with Gasteiger partial charge in [0.05, 0.1) is 17.6 Å². The van der Waals surface area contributed by atoms with Gasteiger partial charge in [-0.1, -0.05) is 18.9 Å². The van der Waals surface area contributed by atoms with Gasteiger partial charge >= 0.3 is 0 Å². The lowest BCUT2D eigenvalue weighted by Crippen LogP contribution is -2.32. The number of hydrogen-bond acceptors (Lipinski definition) is 5. The Bertz CT molecular complexity index is 887. The molecular formula is C20H26N2O4S2. The highest BCUT2D eigenvalue weighted by Gasteiger charge is 2.27. The zero-order chi connectivity index (χ0) is 20.0. The van der Waals surface area contributed by atoms with Gasteiger partial charge in [0.25, 0.3) is 5.91 Å². The average molecular weight is 423 g/mol. The first-order valence-corrected chi connectivity index (χ1v) is 11.8. The standard InChI is InChI=1S/C20H26N2O4S2/c1-26-19-9-8-17(28(24,25)22-12-4-2-3-5-13-22)15-18(19)20(23)21-11-10-16-7-6-14-27-16/h6-9,14-15H,2-5,10-13H2,1H3,(H,21,23). The number of benzene rings is 1. The molecule has 1 saturated heterocycles. The summed E-state index contributed by atoms with van der Waals surface area (Å²) in [7, 11) is -2.15. The molecule has 0 atom stereocenters. The third-order valence-corrected chi connectivity index (χ3v) is 7.69. The summed E-state index contributed by atoms with van der Waals surface area (Å²) in [5, 5.41) is 4.86. The second-order valence-electron chi connectivity index (χ2n) is 6.77. The smallest absolute Gasteiger partial charge is 0.255 e. The van der Waals surface area contributed by atoms with E-state index in [0.29, 0.717) is 25.4 Å². The second-order valence-corrected chi connectivity index (χ2v) is 9.74. The van der Waals surface area contributed by atoms with Crippen molar-refractivity contribution >= 4 is 27.3 Å². The van der Waals surface area contributed by atoms with Gasteiger partial charge in [0.15, 0.2) is 0 Å². The summed E-state index contributed by atoms with van der Waals surface area (Å²) in [6.45, 7) is 1.53. The number of hydrogen-bond donors (Lipinski definition) is 1. The predicted octanol–water partition coefficient (Wildman–Crippen LogP) is 3.29. The van der Waals surface area contributed by atoms with Gasteiger partial charge in [-0.05, 0) is 48.9 Å². The van der Waals surface area contributed by atoms with Gasteiger partial charge in [0, 0.05) is 24.5 Å². The van der Waals surface area contributed by atoms with E-state index in [9.17, 15) is 13.2 Å². The van der Waals surface area contributed by atoms with Crippen LogP contribution in [0.3, 0.4) is 0 Å². The fourth-order valence-electron chi connectivity index (χ4n) is 3.31. The van der Waals surface area contributed by atoms with Crippen molar-refractivity contribution < 1.29 is 17.9 Å². The Hall–Kier alpha value is -1.90. The molecule has 1 aliphatic rings. The number of methoxy groups -OCH3 is 1. The number of amides is 1. The van der Waals surface area contributed by atoms with Crippen molar-refractivity contribution in [1.82, 2.24) is 9.62 Å². The zero-order valence-electron chi connectivity index (χ0n) is 16.0. The highest BCUT2D eigenvalue weighted by molar-refractivity contribution is 7.89. The molecule has 2 aromatic rings. The van der Waals surface area contributed by atoms with Crippen molar-refractivity contribution in [2.45, 2.75) is 37.0 Å². The average Bonchev–Trinajstić information content (AvgIpc) is 3.06. The lowest BCUT2D eigenvalue weighted by atomic mass is 10.2. The molecule has 3 rings (SSSR count). The molecule has 2 heterocycles. The van der Waals surface area contributed by atoms with E-state index in [0.717, 1.165) is 32.1 Å². The van der Waals surface area contributed by atoms with E-state index in [-0.39, 0.29) is 16.4 Å². The van der Waals surface area contributed by atoms with Crippen LogP contribution in [-0.2, 0) is 16.4 Å². The van der Waals surface area contributed by atoms with Crippen LogP contribution in [0, 0.1) is 0 Å². The molecule has 1 aromatic carbocycles. The van der Waals surface area contributed by atoms with Crippen molar-refractivity contribution in [2.24, 2.45) is 0 Å². The third kappa shape index (κ3) is 4.92. The summed E-state index contributed by atoms with van der Waals surface area (Å²) in [4.78, 5) is 14.0. The number of ether oxygens (including phenoxy) is 1. The first kappa shape index (κ1) is 20.8. The Kier molecular flexibility index (Phi) is 7.09. The van der Waals surface area contributed by atoms with E-state index in [1.807, 2.05) is 17.5 Å². The molecule has 1 fully saturated rings. The zero-order valence-corrected chi connectivity index (χ0v) is 17.7. The van der Waals surface area contributed by atoms with Crippen molar-refractivity contribution in [3.8, 4) is 5.75 Å². The maximum atomic E-state index is 13.0.